The Kier molecular flexibility index (Phi) is 12.0. The lowest BCUT2D eigenvalue weighted by Gasteiger charge is -2.32. The first-order valence-corrected chi connectivity index (χ1v) is 15.4. The predicted octanol–water partition coefficient (Wildman–Crippen LogP) is 4.52. The number of carboxylic acid groups (broad SMARTS) is 1. The van der Waals surface area contributed by atoms with Crippen molar-refractivity contribution in [3.05, 3.63) is 107 Å². The van der Waals surface area contributed by atoms with E-state index in [0.29, 0.717) is 12.8 Å². The number of rotatable bonds is 14. The molecule has 4 N–H and O–H groups in total. The number of carbonyl (C=O) groups is 3. The van der Waals surface area contributed by atoms with Gasteiger partial charge in [-0.05, 0) is 49.4 Å². The Bertz CT molecular complexity index is 1510. The van der Waals surface area contributed by atoms with Gasteiger partial charge in [0, 0.05) is 31.0 Å². The van der Waals surface area contributed by atoms with Crippen LogP contribution in [0.2, 0.25) is 0 Å². The number of aromatic nitrogens is 2. The van der Waals surface area contributed by atoms with Crippen LogP contribution >= 0.6 is 11.3 Å². The van der Waals surface area contributed by atoms with Crippen LogP contribution in [0, 0.1) is 0 Å². The van der Waals surface area contributed by atoms with Gasteiger partial charge in [-0.2, -0.15) is 0 Å². The number of hydrogen-bond donors (Lipinski definition) is 4. The van der Waals surface area contributed by atoms with E-state index in [9.17, 15) is 24.6 Å². The van der Waals surface area contributed by atoms with Crippen LogP contribution in [0.15, 0.2) is 90.7 Å². The largest absolute Gasteiger partial charge is 0.465 e. The highest BCUT2D eigenvalue weighted by Crippen LogP contribution is 2.21. The van der Waals surface area contributed by atoms with E-state index in [0.717, 1.165) is 27.3 Å². The second-order valence-corrected chi connectivity index (χ2v) is 11.7. The third-order valence-electron chi connectivity index (χ3n) is 7.40. The number of hydrogen-bond acceptors (Lipinski definition) is 8. The maximum Gasteiger partial charge on any atom is 0.408 e. The number of likely N-dealkylation sites (N-methyl/N-ethyl adjacent to an activating group) is 1. The molecule has 0 fully saturated rings. The average Bonchev–Trinajstić information content (AvgIpc) is 3.58. The minimum atomic E-state index is -1.13. The Morgan fingerprint density at radius 3 is 2.31 bits per heavy atom. The molecular formula is C33H37N5O6S. The van der Waals surface area contributed by atoms with Crippen LogP contribution in [-0.2, 0) is 29.0 Å². The first kappa shape index (κ1) is 33.1. The van der Waals surface area contributed by atoms with Crippen LogP contribution in [0.1, 0.15) is 29.3 Å². The third kappa shape index (κ3) is 10.1. The van der Waals surface area contributed by atoms with Crippen molar-refractivity contribution in [2.24, 2.45) is 0 Å². The summed E-state index contributed by atoms with van der Waals surface area (Å²) < 4.78 is 5.17. The van der Waals surface area contributed by atoms with Crippen molar-refractivity contribution in [1.29, 1.82) is 0 Å². The summed E-state index contributed by atoms with van der Waals surface area (Å²) in [5.74, 6) is -0.516. The summed E-state index contributed by atoms with van der Waals surface area (Å²) >= 11 is 1.35. The molecule has 236 valence electrons. The molecule has 0 radical (unpaired) electrons. The number of aliphatic hydroxyl groups excluding tert-OH is 1. The van der Waals surface area contributed by atoms with Gasteiger partial charge in [0.1, 0.15) is 12.6 Å². The van der Waals surface area contributed by atoms with E-state index in [1.807, 2.05) is 72.8 Å². The predicted molar refractivity (Wildman–Crippen MR) is 171 cm³/mol. The molecule has 2 aromatic heterocycles. The van der Waals surface area contributed by atoms with Crippen molar-refractivity contribution in [2.75, 3.05) is 7.05 Å². The minimum Gasteiger partial charge on any atom is -0.465 e. The number of nitrogens with one attached hydrogen (secondary N) is 2. The summed E-state index contributed by atoms with van der Waals surface area (Å²) in [5.41, 5.74) is 5.15. The fourth-order valence-corrected chi connectivity index (χ4v) is 5.29. The number of ether oxygens (including phenoxy) is 1. The molecular weight excluding hydrogens is 594 g/mol. The van der Waals surface area contributed by atoms with E-state index in [-0.39, 0.29) is 13.0 Å². The summed E-state index contributed by atoms with van der Waals surface area (Å²) in [6, 6.07) is 20.4. The molecule has 0 unspecified atom stereocenters. The molecule has 0 aliphatic heterocycles. The maximum atomic E-state index is 13.2. The van der Waals surface area contributed by atoms with Crippen LogP contribution in [0.25, 0.3) is 11.3 Å². The molecule has 11 nitrogen and oxygen atoms in total. The molecule has 0 saturated heterocycles. The van der Waals surface area contributed by atoms with Gasteiger partial charge in [0.25, 0.3) is 0 Å². The maximum absolute atomic E-state index is 13.2. The van der Waals surface area contributed by atoms with E-state index in [2.05, 4.69) is 20.6 Å². The number of pyridine rings is 1. The Morgan fingerprint density at radius 1 is 0.956 bits per heavy atom. The first-order chi connectivity index (χ1) is 21.7. The molecule has 3 amide bonds. The molecule has 4 aromatic rings. The fourth-order valence-electron chi connectivity index (χ4n) is 4.79. The normalized spacial score (nSPS) is 13.6. The van der Waals surface area contributed by atoms with Crippen molar-refractivity contribution in [3.63, 3.8) is 0 Å². The monoisotopic (exact) mass is 631 g/mol. The van der Waals surface area contributed by atoms with Gasteiger partial charge in [-0.15, -0.1) is 11.3 Å². The Balaban J connectivity index is 1.44. The molecule has 0 saturated carbocycles. The standard InChI is InChI=1S/C33H37N5O6S/c1-22(36-32(41)44-20-27-19-34-21-45-27)31(40)37-29(17-23-8-4-3-5-9-23)30(39)18-26(38(2)33(42)43)16-24-11-13-25(14-12-24)28-10-6-7-15-35-28/h3-15,19,21-22,26,29-30,39H,16-18,20H2,1-2H3,(H,36,41)(H,37,40)(H,42,43)/t22-,26-,29-,30-/m0/s1. The lowest BCUT2D eigenvalue weighted by atomic mass is 9.92. The highest BCUT2D eigenvalue weighted by atomic mass is 32.1. The van der Waals surface area contributed by atoms with Crippen LogP contribution in [-0.4, -0.2) is 74.5 Å². The fraction of sp³-hybridized carbons (Fsp3) is 0.303. The van der Waals surface area contributed by atoms with Crippen LogP contribution in [0.4, 0.5) is 9.59 Å². The zero-order valence-corrected chi connectivity index (χ0v) is 25.9. The molecule has 0 bridgehead atoms. The number of aliphatic hydroxyl groups is 1. The Morgan fingerprint density at radius 2 is 1.67 bits per heavy atom. The highest BCUT2D eigenvalue weighted by molar-refractivity contribution is 7.09. The second kappa shape index (κ2) is 16.3. The molecule has 45 heavy (non-hydrogen) atoms. The molecule has 4 rings (SSSR count). The number of benzene rings is 2. The van der Waals surface area contributed by atoms with Gasteiger partial charge in [-0.3, -0.25) is 14.8 Å². The van der Waals surface area contributed by atoms with Gasteiger partial charge in [0.15, 0.2) is 0 Å². The van der Waals surface area contributed by atoms with Crippen molar-refractivity contribution in [2.45, 2.75) is 57.0 Å². The summed E-state index contributed by atoms with van der Waals surface area (Å²) in [6.07, 6.45) is 1.01. The number of nitrogens with zero attached hydrogens (tertiary/aromatic N) is 3. The number of thiazole rings is 1. The van der Waals surface area contributed by atoms with Crippen molar-refractivity contribution >= 4 is 29.4 Å². The van der Waals surface area contributed by atoms with Gasteiger partial charge >= 0.3 is 12.2 Å². The summed E-state index contributed by atoms with van der Waals surface area (Å²) in [7, 11) is 1.47. The number of amides is 3. The van der Waals surface area contributed by atoms with Gasteiger partial charge in [0.05, 0.1) is 28.2 Å². The van der Waals surface area contributed by atoms with Crippen LogP contribution < -0.4 is 10.6 Å². The van der Waals surface area contributed by atoms with E-state index >= 15 is 0 Å². The molecule has 2 heterocycles. The lowest BCUT2D eigenvalue weighted by Crippen LogP contribution is -2.53. The topological polar surface area (TPSA) is 154 Å². The summed E-state index contributed by atoms with van der Waals surface area (Å²) in [5, 5.41) is 26.7. The van der Waals surface area contributed by atoms with Crippen molar-refractivity contribution in [3.8, 4) is 11.3 Å². The average molecular weight is 632 g/mol. The highest BCUT2D eigenvalue weighted by Gasteiger charge is 2.30. The van der Waals surface area contributed by atoms with Crippen molar-refractivity contribution < 1.29 is 29.3 Å². The van der Waals surface area contributed by atoms with Gasteiger partial charge < -0.3 is 30.5 Å². The van der Waals surface area contributed by atoms with Crippen LogP contribution in [0.5, 0.6) is 0 Å². The minimum absolute atomic E-state index is 0.0323. The van der Waals surface area contributed by atoms with Gasteiger partial charge in [-0.25, -0.2) is 9.59 Å². The SMILES string of the molecule is C[C@H](NC(=O)OCc1cncs1)C(=O)N[C@@H](Cc1ccccc1)[C@@H](O)C[C@H](Cc1ccc(-c2ccccn2)cc1)N(C)C(=O)O. The van der Waals surface area contributed by atoms with Crippen LogP contribution in [0.3, 0.4) is 0 Å². The zero-order valence-electron chi connectivity index (χ0n) is 25.1. The van der Waals surface area contributed by atoms with Crippen molar-refractivity contribution in [1.82, 2.24) is 25.5 Å². The molecule has 12 heteroatoms. The van der Waals surface area contributed by atoms with E-state index in [4.69, 9.17) is 4.74 Å². The quantitative estimate of drug-likeness (QED) is 0.158. The lowest BCUT2D eigenvalue weighted by molar-refractivity contribution is -0.124. The molecule has 0 aliphatic rings. The van der Waals surface area contributed by atoms with E-state index in [1.165, 1.54) is 30.2 Å². The Hall–Kier alpha value is -4.81. The first-order valence-electron chi connectivity index (χ1n) is 14.5. The smallest absolute Gasteiger partial charge is 0.408 e. The third-order valence-corrected chi connectivity index (χ3v) is 8.15. The number of alkyl carbamates (subject to hydrolysis) is 1. The van der Waals surface area contributed by atoms with Gasteiger partial charge in [0.2, 0.25) is 5.91 Å². The molecule has 0 aliphatic carbocycles. The molecule has 0 spiro atoms. The van der Waals surface area contributed by atoms with Gasteiger partial charge in [-0.1, -0.05) is 60.7 Å². The second-order valence-electron chi connectivity index (χ2n) is 10.7. The molecule has 4 atom stereocenters. The van der Waals surface area contributed by atoms with E-state index in [1.54, 1.807) is 17.9 Å². The zero-order chi connectivity index (χ0) is 32.2. The summed E-state index contributed by atoms with van der Waals surface area (Å²) in [4.78, 5) is 47.7. The Labute approximate surface area is 265 Å². The van der Waals surface area contributed by atoms with E-state index < -0.39 is 42.3 Å². The summed E-state index contributed by atoms with van der Waals surface area (Å²) in [6.45, 7) is 1.55. The number of carbonyl (C=O) groups excluding carboxylic acids is 2. The molecule has 2 aromatic carbocycles.